The number of carboxylic acid groups (broad SMARTS) is 1. The third-order valence-corrected chi connectivity index (χ3v) is 7.33. The molecule has 0 aliphatic carbocycles. The largest absolute Gasteiger partial charge is 0.478 e. The van der Waals surface area contributed by atoms with Gasteiger partial charge in [0.25, 0.3) is 10.0 Å². The molecule has 0 aromatic heterocycles. The first-order valence-electron chi connectivity index (χ1n) is 10.4. The van der Waals surface area contributed by atoms with Crippen molar-refractivity contribution in [3.8, 4) is 6.07 Å². The number of carbonyl (C=O) groups is 1. The second-order valence-corrected chi connectivity index (χ2v) is 9.73. The van der Waals surface area contributed by atoms with Crippen LogP contribution < -0.4 is 9.62 Å². The average Bonchev–Trinajstić information content (AvgIpc) is 2.74. The molecule has 170 valence electrons. The Morgan fingerprint density at radius 3 is 2.34 bits per heavy atom. The van der Waals surface area contributed by atoms with E-state index in [1.807, 2.05) is 24.8 Å². The van der Waals surface area contributed by atoms with Crippen molar-refractivity contribution in [1.29, 1.82) is 5.26 Å². The molecular weight excluding hydrogens is 428 g/mol. The monoisotopic (exact) mass is 456 g/mol. The van der Waals surface area contributed by atoms with Crippen LogP contribution in [0.15, 0.2) is 35.2 Å². The highest BCUT2D eigenvalue weighted by Gasteiger charge is 2.24. The summed E-state index contributed by atoms with van der Waals surface area (Å²) in [7, 11) is -3.93. The van der Waals surface area contributed by atoms with E-state index in [0.29, 0.717) is 37.3 Å². The van der Waals surface area contributed by atoms with Gasteiger partial charge in [-0.1, -0.05) is 6.07 Å². The lowest BCUT2D eigenvalue weighted by Gasteiger charge is -2.36. The van der Waals surface area contributed by atoms with E-state index in [0.717, 1.165) is 24.2 Å². The number of nitrogens with zero attached hydrogens (tertiary/aromatic N) is 3. The van der Waals surface area contributed by atoms with Crippen molar-refractivity contribution in [3.05, 3.63) is 52.6 Å². The third kappa shape index (κ3) is 5.21. The Bertz CT molecular complexity index is 1160. The fourth-order valence-electron chi connectivity index (χ4n) is 3.87. The Morgan fingerprint density at radius 1 is 1.06 bits per heavy atom. The first kappa shape index (κ1) is 23.6. The molecule has 0 amide bonds. The molecule has 8 nitrogen and oxygen atoms in total. The number of carboxylic acids is 1. The van der Waals surface area contributed by atoms with Gasteiger partial charge >= 0.3 is 5.97 Å². The summed E-state index contributed by atoms with van der Waals surface area (Å²) in [6, 6.07) is 10.1. The van der Waals surface area contributed by atoms with Crippen LogP contribution in [-0.4, -0.2) is 57.1 Å². The molecule has 1 heterocycles. The number of anilines is 2. The molecule has 2 N–H and O–H groups in total. The highest BCUT2D eigenvalue weighted by Crippen LogP contribution is 2.31. The topological polar surface area (TPSA) is 114 Å². The van der Waals surface area contributed by atoms with Gasteiger partial charge in [-0.15, -0.1) is 0 Å². The third-order valence-electron chi connectivity index (χ3n) is 5.82. The van der Waals surface area contributed by atoms with E-state index < -0.39 is 16.0 Å². The predicted molar refractivity (Wildman–Crippen MR) is 124 cm³/mol. The van der Waals surface area contributed by atoms with E-state index in [4.69, 9.17) is 5.26 Å². The summed E-state index contributed by atoms with van der Waals surface area (Å²) in [6.45, 7) is 9.01. The van der Waals surface area contributed by atoms with Gasteiger partial charge in [0.1, 0.15) is 0 Å². The summed E-state index contributed by atoms with van der Waals surface area (Å²) in [5.74, 6) is -1.12. The molecule has 1 fully saturated rings. The smallest absolute Gasteiger partial charge is 0.335 e. The standard InChI is InChI=1S/C23H28N4O4S/c1-16-13-18(3)22(14-17(16)2)32(30,31)25-20-15-19(23(28)29)5-6-21(20)27-11-9-26(10-12-27)8-4-7-24/h5-6,13-15,25H,4,8-12H2,1-3H3,(H,28,29). The summed E-state index contributed by atoms with van der Waals surface area (Å²) in [6.07, 6.45) is 0.466. The molecule has 32 heavy (non-hydrogen) atoms. The van der Waals surface area contributed by atoms with Crippen molar-refractivity contribution in [1.82, 2.24) is 4.90 Å². The van der Waals surface area contributed by atoms with Gasteiger partial charge in [-0.25, -0.2) is 13.2 Å². The van der Waals surface area contributed by atoms with Crippen molar-refractivity contribution in [2.24, 2.45) is 0 Å². The highest BCUT2D eigenvalue weighted by atomic mass is 32.2. The van der Waals surface area contributed by atoms with Crippen LogP contribution >= 0.6 is 0 Å². The Labute approximate surface area is 189 Å². The Morgan fingerprint density at radius 2 is 1.72 bits per heavy atom. The number of benzene rings is 2. The lowest BCUT2D eigenvalue weighted by atomic mass is 10.1. The van der Waals surface area contributed by atoms with Gasteiger partial charge in [0, 0.05) is 39.1 Å². The molecule has 1 aliphatic rings. The number of aromatic carboxylic acids is 1. The molecule has 9 heteroatoms. The molecule has 2 aromatic rings. The Kier molecular flexibility index (Phi) is 7.06. The van der Waals surface area contributed by atoms with E-state index in [2.05, 4.69) is 15.7 Å². The molecule has 1 saturated heterocycles. The average molecular weight is 457 g/mol. The molecule has 0 unspecified atom stereocenters. The Balaban J connectivity index is 1.93. The van der Waals surface area contributed by atoms with Gasteiger partial charge in [0.05, 0.1) is 27.9 Å². The molecule has 0 saturated carbocycles. The van der Waals surface area contributed by atoms with E-state index in [9.17, 15) is 18.3 Å². The lowest BCUT2D eigenvalue weighted by Crippen LogP contribution is -2.46. The summed E-state index contributed by atoms with van der Waals surface area (Å²) in [4.78, 5) is 15.9. The van der Waals surface area contributed by atoms with Crippen LogP contribution in [0.2, 0.25) is 0 Å². The van der Waals surface area contributed by atoms with E-state index in [1.165, 1.54) is 12.1 Å². The number of hydrogen-bond donors (Lipinski definition) is 2. The normalized spacial score (nSPS) is 14.8. The van der Waals surface area contributed by atoms with Crippen molar-refractivity contribution < 1.29 is 18.3 Å². The molecule has 3 rings (SSSR count). The molecule has 0 bridgehead atoms. The number of piperazine rings is 1. The maximum absolute atomic E-state index is 13.3. The lowest BCUT2D eigenvalue weighted by molar-refractivity contribution is 0.0697. The van der Waals surface area contributed by atoms with E-state index >= 15 is 0 Å². The molecule has 2 aromatic carbocycles. The maximum Gasteiger partial charge on any atom is 0.335 e. The van der Waals surface area contributed by atoms with Gasteiger partial charge in [-0.3, -0.25) is 9.62 Å². The minimum atomic E-state index is -3.93. The fraction of sp³-hybridized carbons (Fsp3) is 0.391. The van der Waals surface area contributed by atoms with Crippen LogP contribution in [0, 0.1) is 32.1 Å². The minimum Gasteiger partial charge on any atom is -0.478 e. The van der Waals surface area contributed by atoms with Crippen molar-refractivity contribution in [2.75, 3.05) is 42.3 Å². The number of nitrogens with one attached hydrogen (secondary N) is 1. The predicted octanol–water partition coefficient (Wildman–Crippen LogP) is 3.15. The summed E-state index contributed by atoms with van der Waals surface area (Å²) in [5.41, 5.74) is 3.39. The summed E-state index contributed by atoms with van der Waals surface area (Å²) >= 11 is 0. The van der Waals surface area contributed by atoms with Crippen molar-refractivity contribution in [3.63, 3.8) is 0 Å². The minimum absolute atomic E-state index is 0.0101. The number of sulfonamides is 1. The highest BCUT2D eigenvalue weighted by molar-refractivity contribution is 7.92. The van der Waals surface area contributed by atoms with Crippen LogP contribution in [-0.2, 0) is 10.0 Å². The molecule has 0 atom stereocenters. The van der Waals surface area contributed by atoms with Gasteiger partial charge in [-0.2, -0.15) is 5.26 Å². The maximum atomic E-state index is 13.3. The first-order valence-corrected chi connectivity index (χ1v) is 11.9. The summed E-state index contributed by atoms with van der Waals surface area (Å²) < 4.78 is 29.2. The first-order chi connectivity index (χ1) is 15.1. The SMILES string of the molecule is Cc1cc(C)c(S(=O)(=O)Nc2cc(C(=O)O)ccc2N2CCN(CCC#N)CC2)cc1C. The molecule has 1 aliphatic heterocycles. The van der Waals surface area contributed by atoms with Crippen LogP contribution in [0.25, 0.3) is 0 Å². The zero-order valence-corrected chi connectivity index (χ0v) is 19.4. The van der Waals surface area contributed by atoms with Crippen LogP contribution in [0.3, 0.4) is 0 Å². The van der Waals surface area contributed by atoms with Crippen molar-refractivity contribution >= 4 is 27.4 Å². The zero-order chi connectivity index (χ0) is 23.5. The van der Waals surface area contributed by atoms with Gasteiger partial charge in [0.2, 0.25) is 0 Å². The molecular formula is C23H28N4O4S. The zero-order valence-electron chi connectivity index (χ0n) is 18.6. The molecule has 0 spiro atoms. The number of nitriles is 1. The fourth-order valence-corrected chi connectivity index (χ4v) is 5.25. The van der Waals surface area contributed by atoms with E-state index in [-0.39, 0.29) is 16.1 Å². The second kappa shape index (κ2) is 9.59. The van der Waals surface area contributed by atoms with Gasteiger partial charge < -0.3 is 10.0 Å². The van der Waals surface area contributed by atoms with Crippen LogP contribution in [0.1, 0.15) is 33.5 Å². The van der Waals surface area contributed by atoms with Crippen LogP contribution in [0.5, 0.6) is 0 Å². The molecule has 0 radical (unpaired) electrons. The number of rotatable bonds is 7. The number of aryl methyl sites for hydroxylation is 3. The van der Waals surface area contributed by atoms with Gasteiger partial charge in [0.15, 0.2) is 0 Å². The van der Waals surface area contributed by atoms with Gasteiger partial charge in [-0.05, 0) is 61.7 Å². The van der Waals surface area contributed by atoms with Crippen LogP contribution in [0.4, 0.5) is 11.4 Å². The van der Waals surface area contributed by atoms with E-state index in [1.54, 1.807) is 19.1 Å². The quantitative estimate of drug-likeness (QED) is 0.658. The Hall–Kier alpha value is -3.09. The number of hydrogen-bond acceptors (Lipinski definition) is 6. The second-order valence-electron chi connectivity index (χ2n) is 8.08. The summed E-state index contributed by atoms with van der Waals surface area (Å²) in [5, 5.41) is 18.2. The van der Waals surface area contributed by atoms with Crippen molar-refractivity contribution in [2.45, 2.75) is 32.1 Å².